The zero-order chi connectivity index (χ0) is 15.6. The van der Waals surface area contributed by atoms with Gasteiger partial charge in [0.05, 0.1) is 30.9 Å². The predicted octanol–water partition coefficient (Wildman–Crippen LogP) is -0.788. The third kappa shape index (κ3) is 3.13. The quantitative estimate of drug-likeness (QED) is 0.660. The van der Waals surface area contributed by atoms with Crippen molar-refractivity contribution < 1.29 is 27.9 Å². The van der Waals surface area contributed by atoms with Crippen molar-refractivity contribution >= 4 is 22.3 Å². The number of rotatable bonds is 4. The topological polar surface area (TPSA) is 142 Å². The highest BCUT2D eigenvalue weighted by Gasteiger charge is 2.41. The molecular formula is C10H14N4O6S. The van der Waals surface area contributed by atoms with Gasteiger partial charge in [0.1, 0.15) is 6.04 Å². The van der Waals surface area contributed by atoms with Crippen LogP contribution in [-0.2, 0) is 32.7 Å². The zero-order valence-electron chi connectivity index (χ0n) is 11.1. The maximum absolute atomic E-state index is 12.1. The molecule has 3 N–H and O–H groups in total. The van der Waals surface area contributed by atoms with Crippen LogP contribution in [0.1, 0.15) is 18.3 Å². The van der Waals surface area contributed by atoms with E-state index in [0.29, 0.717) is 15.7 Å². The van der Waals surface area contributed by atoms with Crippen molar-refractivity contribution in [3.8, 4) is 0 Å². The molecule has 1 unspecified atom stereocenters. The summed E-state index contributed by atoms with van der Waals surface area (Å²) < 4.78 is 31.1. The van der Waals surface area contributed by atoms with E-state index in [4.69, 9.17) is 0 Å². The Balaban J connectivity index is 2.27. The van der Waals surface area contributed by atoms with Crippen LogP contribution in [0.2, 0.25) is 0 Å². The normalized spacial score (nSPS) is 18.8. The van der Waals surface area contributed by atoms with Gasteiger partial charge in [0.25, 0.3) is 0 Å². The summed E-state index contributed by atoms with van der Waals surface area (Å²) in [6.45, 7) is 1.29. The number of hydrogen-bond acceptors (Lipinski definition) is 6. The first-order chi connectivity index (χ1) is 9.85. The maximum Gasteiger partial charge on any atom is 0.421 e. The van der Waals surface area contributed by atoms with Gasteiger partial charge >= 0.3 is 22.3 Å². The number of aliphatic carboxylic acids is 1. The van der Waals surface area contributed by atoms with Crippen LogP contribution in [0, 0.1) is 0 Å². The van der Waals surface area contributed by atoms with E-state index in [2.05, 4.69) is 14.7 Å². The van der Waals surface area contributed by atoms with Gasteiger partial charge in [-0.25, -0.2) is 14.5 Å². The lowest BCUT2D eigenvalue weighted by Gasteiger charge is -2.30. The molecule has 0 spiro atoms. The first-order valence-corrected chi connectivity index (χ1v) is 7.49. The van der Waals surface area contributed by atoms with Gasteiger partial charge in [-0.1, -0.05) is 0 Å². The van der Waals surface area contributed by atoms with Gasteiger partial charge in [-0.05, 0) is 6.92 Å². The van der Waals surface area contributed by atoms with E-state index in [-0.39, 0.29) is 19.6 Å². The van der Waals surface area contributed by atoms with E-state index in [9.17, 15) is 23.1 Å². The van der Waals surface area contributed by atoms with E-state index in [1.165, 1.54) is 13.3 Å². The van der Waals surface area contributed by atoms with E-state index in [1.807, 2.05) is 0 Å². The molecule has 0 radical (unpaired) electrons. The van der Waals surface area contributed by atoms with Crippen LogP contribution in [0.15, 0.2) is 6.33 Å². The van der Waals surface area contributed by atoms with Crippen molar-refractivity contribution in [1.82, 2.24) is 19.0 Å². The van der Waals surface area contributed by atoms with Crippen LogP contribution in [0.25, 0.3) is 0 Å². The molecule has 0 fully saturated rings. The third-order valence-electron chi connectivity index (χ3n) is 2.94. The van der Waals surface area contributed by atoms with Gasteiger partial charge in [-0.15, -0.1) is 0 Å². The lowest BCUT2D eigenvalue weighted by atomic mass is 10.1. The predicted molar refractivity (Wildman–Crippen MR) is 68.3 cm³/mol. The summed E-state index contributed by atoms with van der Waals surface area (Å²) in [5, 5.41) is 9.18. The molecule has 0 aliphatic carbocycles. The molecule has 1 aliphatic heterocycles. The Kier molecular flexibility index (Phi) is 4.14. The minimum atomic E-state index is -4.34. The largest absolute Gasteiger partial charge is 0.480 e. The summed E-state index contributed by atoms with van der Waals surface area (Å²) in [6.07, 6.45) is 0.119. The van der Waals surface area contributed by atoms with E-state index >= 15 is 0 Å². The van der Waals surface area contributed by atoms with Gasteiger partial charge < -0.3 is 14.8 Å². The van der Waals surface area contributed by atoms with Gasteiger partial charge in [-0.2, -0.15) is 12.7 Å². The van der Waals surface area contributed by atoms with Gasteiger partial charge in [-0.3, -0.25) is 4.79 Å². The average molecular weight is 318 g/mol. The van der Waals surface area contributed by atoms with Crippen LogP contribution in [-0.4, -0.2) is 52.5 Å². The lowest BCUT2D eigenvalue weighted by molar-refractivity contribution is -0.141. The molecule has 10 nitrogen and oxygen atoms in total. The summed E-state index contributed by atoms with van der Waals surface area (Å²) in [6, 6.07) is -1.34. The second-order valence-electron chi connectivity index (χ2n) is 4.26. The minimum absolute atomic E-state index is 0.00555. The van der Waals surface area contributed by atoms with Crippen LogP contribution in [0.3, 0.4) is 0 Å². The molecule has 116 valence electrons. The highest BCUT2D eigenvalue weighted by atomic mass is 32.2. The molecule has 2 rings (SSSR count). The average Bonchev–Trinajstić information content (AvgIpc) is 2.83. The number of carbonyl (C=O) groups is 2. The summed E-state index contributed by atoms with van der Waals surface area (Å²) in [5.74, 6) is -1.32. The van der Waals surface area contributed by atoms with Crippen LogP contribution in [0.4, 0.5) is 4.79 Å². The van der Waals surface area contributed by atoms with Crippen molar-refractivity contribution in [1.29, 1.82) is 0 Å². The van der Waals surface area contributed by atoms with Crippen LogP contribution in [0.5, 0.6) is 0 Å². The molecule has 21 heavy (non-hydrogen) atoms. The molecule has 1 aromatic rings. The fourth-order valence-corrected chi connectivity index (χ4v) is 3.19. The molecule has 1 aromatic heterocycles. The number of imidazole rings is 1. The number of aromatic nitrogens is 2. The fraction of sp³-hybridized carbons (Fsp3) is 0.500. The Hall–Kier alpha value is -2.14. The summed E-state index contributed by atoms with van der Waals surface area (Å²) >= 11 is 0. The first-order valence-electron chi connectivity index (χ1n) is 6.05. The van der Waals surface area contributed by atoms with Crippen molar-refractivity contribution in [2.75, 3.05) is 6.61 Å². The number of carbonyl (C=O) groups excluding carboxylic acids is 1. The Bertz CT molecular complexity index is 654. The number of nitrogens with one attached hydrogen (secondary N) is 2. The highest BCUT2D eigenvalue weighted by molar-refractivity contribution is 7.87. The second-order valence-corrected chi connectivity index (χ2v) is 5.88. The maximum atomic E-state index is 12.1. The van der Waals surface area contributed by atoms with E-state index in [0.717, 1.165) is 0 Å². The Morgan fingerprint density at radius 1 is 1.62 bits per heavy atom. The number of amides is 1. The van der Waals surface area contributed by atoms with Crippen molar-refractivity contribution in [2.24, 2.45) is 0 Å². The van der Waals surface area contributed by atoms with Gasteiger partial charge in [0.2, 0.25) is 0 Å². The molecule has 0 bridgehead atoms. The SMILES string of the molecule is CCOC(=O)NS(=O)(=O)N1Cc2[nH]cnc2CC1C(=O)O. The number of carboxylic acids is 1. The smallest absolute Gasteiger partial charge is 0.421 e. The lowest BCUT2D eigenvalue weighted by Crippen LogP contribution is -2.53. The van der Waals surface area contributed by atoms with Crippen molar-refractivity contribution in [3.63, 3.8) is 0 Å². The van der Waals surface area contributed by atoms with Crippen LogP contribution >= 0.6 is 0 Å². The molecule has 0 aromatic carbocycles. The second kappa shape index (κ2) is 5.69. The molecular weight excluding hydrogens is 304 g/mol. The monoisotopic (exact) mass is 318 g/mol. The van der Waals surface area contributed by atoms with Crippen LogP contribution < -0.4 is 4.72 Å². The number of hydrogen-bond donors (Lipinski definition) is 3. The van der Waals surface area contributed by atoms with Gasteiger partial charge in [0.15, 0.2) is 0 Å². The molecule has 1 atom stereocenters. The Labute approximate surface area is 120 Å². The number of H-pyrrole nitrogens is 1. The van der Waals surface area contributed by atoms with Gasteiger partial charge in [0, 0.05) is 6.42 Å². The Morgan fingerprint density at radius 2 is 2.33 bits per heavy atom. The molecule has 0 saturated heterocycles. The molecule has 11 heteroatoms. The number of nitrogens with zero attached hydrogens (tertiary/aromatic N) is 2. The summed E-state index contributed by atoms with van der Waals surface area (Å²) in [4.78, 5) is 29.2. The summed E-state index contributed by atoms with van der Waals surface area (Å²) in [7, 11) is -4.34. The third-order valence-corrected chi connectivity index (χ3v) is 4.36. The van der Waals surface area contributed by atoms with Crippen molar-refractivity contribution in [2.45, 2.75) is 25.9 Å². The van der Waals surface area contributed by atoms with Crippen molar-refractivity contribution in [3.05, 3.63) is 17.7 Å². The number of fused-ring (bicyclic) bond motifs is 1. The number of carboxylic acid groups (broad SMARTS) is 1. The standard InChI is InChI=1S/C10H14N4O6S/c1-2-20-10(17)13-21(18,19)14-4-7-6(11-5-12-7)3-8(14)9(15)16/h5,8H,2-4H2,1H3,(H,11,12)(H,13,17)(H,15,16). The number of ether oxygens (including phenoxy) is 1. The minimum Gasteiger partial charge on any atom is -0.480 e. The molecule has 1 amide bonds. The fourth-order valence-electron chi connectivity index (χ4n) is 2.00. The molecule has 0 saturated carbocycles. The van der Waals surface area contributed by atoms with E-state index < -0.39 is 28.3 Å². The summed E-state index contributed by atoms with van der Waals surface area (Å²) in [5.41, 5.74) is 0.978. The highest BCUT2D eigenvalue weighted by Crippen LogP contribution is 2.23. The first kappa shape index (κ1) is 15.3. The zero-order valence-corrected chi connectivity index (χ0v) is 11.9. The Morgan fingerprint density at radius 3 is 2.95 bits per heavy atom. The van der Waals surface area contributed by atoms with E-state index in [1.54, 1.807) is 4.72 Å². The number of aromatic amines is 1. The molecule has 2 heterocycles. The molecule has 1 aliphatic rings.